The second-order valence-electron chi connectivity index (χ2n) is 4.36. The first kappa shape index (κ1) is 13.6. The fourth-order valence-corrected chi connectivity index (χ4v) is 2.74. The quantitative estimate of drug-likeness (QED) is 0.800. The molecule has 0 aliphatic carbocycles. The highest BCUT2D eigenvalue weighted by molar-refractivity contribution is 7.22. The lowest BCUT2D eigenvalue weighted by Crippen LogP contribution is -2.11. The van der Waals surface area contributed by atoms with Gasteiger partial charge in [-0.1, -0.05) is 16.5 Å². The summed E-state index contributed by atoms with van der Waals surface area (Å²) in [5.74, 6) is 1.04. The van der Waals surface area contributed by atoms with Crippen LogP contribution in [-0.4, -0.2) is 22.7 Å². The summed E-state index contributed by atoms with van der Waals surface area (Å²) in [6.45, 7) is 4.28. The average molecular weight is 303 g/mol. The number of carbonyl (C=O) groups is 1. The van der Waals surface area contributed by atoms with E-state index in [1.807, 2.05) is 25.1 Å². The van der Waals surface area contributed by atoms with Crippen molar-refractivity contribution >= 4 is 32.6 Å². The number of aryl methyl sites for hydroxylation is 1. The molecule has 21 heavy (non-hydrogen) atoms. The molecule has 1 N–H and O–H groups in total. The number of anilines is 1. The van der Waals surface area contributed by atoms with E-state index in [1.165, 1.54) is 11.3 Å². The molecule has 0 saturated carbocycles. The summed E-state index contributed by atoms with van der Waals surface area (Å²) in [6.07, 6.45) is 0. The summed E-state index contributed by atoms with van der Waals surface area (Å²) in [7, 11) is 0. The highest BCUT2D eigenvalue weighted by atomic mass is 32.1. The Balaban J connectivity index is 1.82. The van der Waals surface area contributed by atoms with Crippen LogP contribution in [-0.2, 0) is 0 Å². The molecule has 7 heteroatoms. The maximum atomic E-state index is 12.0. The van der Waals surface area contributed by atoms with Gasteiger partial charge in [-0.3, -0.25) is 10.1 Å². The second-order valence-corrected chi connectivity index (χ2v) is 5.39. The predicted octanol–water partition coefficient (Wildman–Crippen LogP) is 3.24. The molecule has 1 amide bonds. The van der Waals surface area contributed by atoms with E-state index in [1.54, 1.807) is 13.0 Å². The summed E-state index contributed by atoms with van der Waals surface area (Å²) < 4.78 is 11.3. The van der Waals surface area contributed by atoms with Crippen LogP contribution in [0.3, 0.4) is 0 Å². The number of benzene rings is 1. The Morgan fingerprint density at radius 3 is 3.00 bits per heavy atom. The van der Waals surface area contributed by atoms with E-state index in [9.17, 15) is 4.79 Å². The van der Waals surface area contributed by atoms with E-state index < -0.39 is 0 Å². The lowest BCUT2D eigenvalue weighted by Gasteiger charge is -2.00. The SMILES string of the molecule is CCOc1ccc2nc(NC(=O)c3cc(C)on3)sc2c1. The van der Waals surface area contributed by atoms with Crippen molar-refractivity contribution in [2.45, 2.75) is 13.8 Å². The lowest BCUT2D eigenvalue weighted by molar-refractivity contribution is 0.101. The summed E-state index contributed by atoms with van der Waals surface area (Å²) in [5, 5.41) is 6.91. The normalized spacial score (nSPS) is 10.8. The number of hydrogen-bond acceptors (Lipinski definition) is 6. The van der Waals surface area contributed by atoms with Gasteiger partial charge < -0.3 is 9.26 Å². The monoisotopic (exact) mass is 303 g/mol. The predicted molar refractivity (Wildman–Crippen MR) is 80.0 cm³/mol. The largest absolute Gasteiger partial charge is 0.494 e. The number of nitrogens with one attached hydrogen (secondary N) is 1. The molecular weight excluding hydrogens is 290 g/mol. The molecule has 0 fully saturated rings. The zero-order chi connectivity index (χ0) is 14.8. The van der Waals surface area contributed by atoms with Gasteiger partial charge in [0.05, 0.1) is 16.8 Å². The first-order valence-electron chi connectivity index (χ1n) is 6.44. The zero-order valence-corrected chi connectivity index (χ0v) is 12.4. The van der Waals surface area contributed by atoms with Gasteiger partial charge in [0.1, 0.15) is 11.5 Å². The van der Waals surface area contributed by atoms with Gasteiger partial charge in [-0.05, 0) is 32.0 Å². The molecule has 0 atom stereocenters. The molecule has 2 heterocycles. The highest BCUT2D eigenvalue weighted by Crippen LogP contribution is 2.29. The standard InChI is InChI=1S/C14H13N3O3S/c1-3-19-9-4-5-10-12(7-9)21-14(15-10)16-13(18)11-6-8(2)20-17-11/h4-7H,3H2,1-2H3,(H,15,16,18). The number of rotatable bonds is 4. The molecule has 0 aliphatic heterocycles. The zero-order valence-electron chi connectivity index (χ0n) is 11.5. The van der Waals surface area contributed by atoms with Gasteiger partial charge >= 0.3 is 0 Å². The number of ether oxygens (including phenoxy) is 1. The van der Waals surface area contributed by atoms with Crippen LogP contribution in [0.1, 0.15) is 23.2 Å². The molecule has 108 valence electrons. The number of nitrogens with zero attached hydrogens (tertiary/aromatic N) is 2. The Morgan fingerprint density at radius 2 is 2.29 bits per heavy atom. The molecule has 0 radical (unpaired) electrons. The topological polar surface area (TPSA) is 77.2 Å². The van der Waals surface area contributed by atoms with E-state index in [0.29, 0.717) is 17.5 Å². The summed E-state index contributed by atoms with van der Waals surface area (Å²) in [5.41, 5.74) is 1.05. The van der Waals surface area contributed by atoms with Crippen LogP contribution in [0, 0.1) is 6.92 Å². The van der Waals surface area contributed by atoms with E-state index in [0.717, 1.165) is 16.0 Å². The molecule has 0 spiro atoms. The minimum Gasteiger partial charge on any atom is -0.494 e. The third-order valence-corrected chi connectivity index (χ3v) is 3.69. The summed E-state index contributed by atoms with van der Waals surface area (Å²) in [6, 6.07) is 7.22. The molecule has 2 aromatic heterocycles. The number of carbonyl (C=O) groups excluding carboxylic acids is 1. The molecule has 0 unspecified atom stereocenters. The minimum absolute atomic E-state index is 0.238. The van der Waals surface area contributed by atoms with Gasteiger partial charge in [0, 0.05) is 6.07 Å². The Bertz CT molecular complexity index is 794. The van der Waals surface area contributed by atoms with E-state index in [4.69, 9.17) is 9.26 Å². The van der Waals surface area contributed by atoms with E-state index in [-0.39, 0.29) is 11.6 Å². The van der Waals surface area contributed by atoms with Gasteiger partial charge in [-0.2, -0.15) is 0 Å². The molecule has 3 aromatic rings. The van der Waals surface area contributed by atoms with Crippen LogP contribution in [0.5, 0.6) is 5.75 Å². The maximum absolute atomic E-state index is 12.0. The molecule has 0 aliphatic rings. The molecule has 0 saturated heterocycles. The van der Waals surface area contributed by atoms with Gasteiger partial charge in [0.2, 0.25) is 0 Å². The van der Waals surface area contributed by atoms with Gasteiger partial charge in [0.25, 0.3) is 5.91 Å². The number of thiazole rings is 1. The third-order valence-electron chi connectivity index (χ3n) is 2.75. The van der Waals surface area contributed by atoms with Crippen LogP contribution in [0.15, 0.2) is 28.8 Å². The van der Waals surface area contributed by atoms with Crippen molar-refractivity contribution in [2.24, 2.45) is 0 Å². The first-order chi connectivity index (χ1) is 10.2. The molecule has 1 aromatic carbocycles. The molecule has 3 rings (SSSR count). The minimum atomic E-state index is -0.337. The van der Waals surface area contributed by atoms with Crippen LogP contribution < -0.4 is 10.1 Å². The lowest BCUT2D eigenvalue weighted by atomic mass is 10.3. The summed E-state index contributed by atoms with van der Waals surface area (Å²) >= 11 is 1.39. The number of fused-ring (bicyclic) bond motifs is 1. The second kappa shape index (κ2) is 5.53. The van der Waals surface area contributed by atoms with Gasteiger partial charge in [-0.15, -0.1) is 0 Å². The van der Waals surface area contributed by atoms with Gasteiger partial charge in [-0.25, -0.2) is 4.98 Å². The molecule has 0 bridgehead atoms. The number of aromatic nitrogens is 2. The highest BCUT2D eigenvalue weighted by Gasteiger charge is 2.13. The van der Waals surface area contributed by atoms with Crippen molar-refractivity contribution in [1.29, 1.82) is 0 Å². The van der Waals surface area contributed by atoms with Crippen molar-refractivity contribution < 1.29 is 14.1 Å². The summed E-state index contributed by atoms with van der Waals surface area (Å²) in [4.78, 5) is 16.3. The Morgan fingerprint density at radius 1 is 1.43 bits per heavy atom. The van der Waals surface area contributed by atoms with Crippen LogP contribution in [0.2, 0.25) is 0 Å². The molecule has 6 nitrogen and oxygen atoms in total. The van der Waals surface area contributed by atoms with Gasteiger partial charge in [0.15, 0.2) is 10.8 Å². The van der Waals surface area contributed by atoms with Crippen molar-refractivity contribution in [3.8, 4) is 5.75 Å². The average Bonchev–Trinajstić information content (AvgIpc) is 3.04. The Kier molecular flexibility index (Phi) is 3.57. The van der Waals surface area contributed by atoms with Crippen LogP contribution in [0.4, 0.5) is 5.13 Å². The Hall–Kier alpha value is -2.41. The first-order valence-corrected chi connectivity index (χ1v) is 7.25. The van der Waals surface area contributed by atoms with Crippen LogP contribution >= 0.6 is 11.3 Å². The van der Waals surface area contributed by atoms with Crippen molar-refractivity contribution in [3.05, 3.63) is 35.7 Å². The van der Waals surface area contributed by atoms with Crippen molar-refractivity contribution in [2.75, 3.05) is 11.9 Å². The Labute approximate surface area is 124 Å². The van der Waals surface area contributed by atoms with Crippen molar-refractivity contribution in [3.63, 3.8) is 0 Å². The fourth-order valence-electron chi connectivity index (χ4n) is 1.85. The third kappa shape index (κ3) is 2.87. The van der Waals surface area contributed by atoms with Crippen molar-refractivity contribution in [1.82, 2.24) is 10.1 Å². The van der Waals surface area contributed by atoms with Crippen LogP contribution in [0.25, 0.3) is 10.2 Å². The number of amides is 1. The van der Waals surface area contributed by atoms with E-state index >= 15 is 0 Å². The van der Waals surface area contributed by atoms with E-state index in [2.05, 4.69) is 15.5 Å². The molecular formula is C14H13N3O3S. The smallest absolute Gasteiger partial charge is 0.279 e. The maximum Gasteiger partial charge on any atom is 0.279 e. The fraction of sp³-hybridized carbons (Fsp3) is 0.214. The number of hydrogen-bond donors (Lipinski definition) is 1.